The van der Waals surface area contributed by atoms with E-state index in [1.807, 2.05) is 0 Å². The molecule has 0 aliphatic rings. The maximum absolute atomic E-state index is 13.0. The highest BCUT2D eigenvalue weighted by atomic mass is 19.4. The van der Waals surface area contributed by atoms with Crippen molar-refractivity contribution in [3.8, 4) is 0 Å². The van der Waals surface area contributed by atoms with Gasteiger partial charge in [-0.15, -0.1) is 0 Å². The van der Waals surface area contributed by atoms with Crippen LogP contribution in [0.3, 0.4) is 0 Å². The summed E-state index contributed by atoms with van der Waals surface area (Å²) in [4.78, 5) is 30.5. The number of H-pyrrole nitrogens is 1. The third-order valence-corrected chi connectivity index (χ3v) is 3.93. The predicted octanol–water partition coefficient (Wildman–Crippen LogP) is 2.41. The number of aromatic nitrogens is 2. The number of carbonyl (C=O) groups excluding carboxylic acids is 2. The van der Waals surface area contributed by atoms with Gasteiger partial charge in [-0.05, 0) is 48.4 Å². The standard InChI is InChI=1S/C18H13F3N2O3/c1-9-4-5-22-14(6-9)17(26)16-12(8-15(24)25)11-7-10(18(19,20)21)2-3-13(11)23-16/h2-7,23H,8H2,1H3,(H,24,25)/p-1. The Morgan fingerprint density at radius 2 is 1.92 bits per heavy atom. The zero-order valence-electron chi connectivity index (χ0n) is 13.5. The summed E-state index contributed by atoms with van der Waals surface area (Å²) in [7, 11) is 0. The number of aliphatic carboxylic acids is 1. The zero-order valence-corrected chi connectivity index (χ0v) is 13.5. The molecule has 0 spiro atoms. The number of hydrogen-bond donors (Lipinski definition) is 1. The highest BCUT2D eigenvalue weighted by Crippen LogP contribution is 2.33. The second-order valence-corrected chi connectivity index (χ2v) is 5.83. The molecule has 0 fully saturated rings. The number of nitrogens with zero attached hydrogens (tertiary/aromatic N) is 1. The minimum atomic E-state index is -4.59. The van der Waals surface area contributed by atoms with Gasteiger partial charge in [-0.2, -0.15) is 13.2 Å². The molecule has 0 unspecified atom stereocenters. The molecule has 134 valence electrons. The molecule has 1 aromatic carbocycles. The zero-order chi connectivity index (χ0) is 19.1. The lowest BCUT2D eigenvalue weighted by Crippen LogP contribution is -2.25. The lowest BCUT2D eigenvalue weighted by molar-refractivity contribution is -0.304. The molecule has 0 radical (unpaired) electrons. The number of carboxylic acids is 1. The van der Waals surface area contributed by atoms with Crippen LogP contribution in [0, 0.1) is 6.92 Å². The van der Waals surface area contributed by atoms with Crippen molar-refractivity contribution < 1.29 is 27.9 Å². The summed E-state index contributed by atoms with van der Waals surface area (Å²) in [6.45, 7) is 1.75. The second kappa shape index (κ2) is 6.29. The van der Waals surface area contributed by atoms with Crippen molar-refractivity contribution in [1.29, 1.82) is 0 Å². The number of aromatic amines is 1. The van der Waals surface area contributed by atoms with Crippen LogP contribution < -0.4 is 5.11 Å². The average Bonchev–Trinajstić information content (AvgIpc) is 2.90. The summed E-state index contributed by atoms with van der Waals surface area (Å²) in [5.74, 6) is -2.11. The first-order valence-corrected chi connectivity index (χ1v) is 7.56. The fourth-order valence-electron chi connectivity index (χ4n) is 2.73. The van der Waals surface area contributed by atoms with E-state index in [9.17, 15) is 27.9 Å². The Hall–Kier alpha value is -3.16. The molecule has 3 aromatic rings. The highest BCUT2D eigenvalue weighted by Gasteiger charge is 2.31. The van der Waals surface area contributed by atoms with Gasteiger partial charge in [0.05, 0.1) is 11.3 Å². The minimum absolute atomic E-state index is 0.0139. The minimum Gasteiger partial charge on any atom is -0.550 e. The van der Waals surface area contributed by atoms with E-state index in [2.05, 4.69) is 9.97 Å². The van der Waals surface area contributed by atoms with E-state index in [0.717, 1.165) is 23.8 Å². The number of carboxylic acid groups (broad SMARTS) is 1. The Kier molecular flexibility index (Phi) is 4.27. The van der Waals surface area contributed by atoms with Crippen molar-refractivity contribution in [2.45, 2.75) is 19.5 Å². The van der Waals surface area contributed by atoms with Gasteiger partial charge in [0.2, 0.25) is 5.78 Å². The van der Waals surface area contributed by atoms with Crippen LogP contribution in [-0.2, 0) is 17.4 Å². The van der Waals surface area contributed by atoms with E-state index < -0.39 is 29.9 Å². The molecular formula is C18H12F3N2O3-. The Labute approximate surface area is 145 Å². The molecule has 8 heteroatoms. The molecule has 0 amide bonds. The number of halogens is 3. The van der Waals surface area contributed by atoms with Crippen molar-refractivity contribution in [1.82, 2.24) is 9.97 Å². The highest BCUT2D eigenvalue weighted by molar-refractivity contribution is 6.11. The van der Waals surface area contributed by atoms with Crippen molar-refractivity contribution in [2.24, 2.45) is 0 Å². The quantitative estimate of drug-likeness (QED) is 0.723. The predicted molar refractivity (Wildman–Crippen MR) is 84.4 cm³/mol. The average molecular weight is 361 g/mol. The van der Waals surface area contributed by atoms with Crippen molar-refractivity contribution in [2.75, 3.05) is 0 Å². The summed E-state index contributed by atoms with van der Waals surface area (Å²) in [5, 5.41) is 11.1. The third kappa shape index (κ3) is 3.30. The van der Waals surface area contributed by atoms with Gasteiger partial charge < -0.3 is 14.9 Å². The topological polar surface area (TPSA) is 85.9 Å². The summed E-state index contributed by atoms with van der Waals surface area (Å²) >= 11 is 0. The molecule has 0 saturated carbocycles. The fraction of sp³-hybridized carbons (Fsp3) is 0.167. The summed E-state index contributed by atoms with van der Waals surface area (Å²) < 4.78 is 38.9. The van der Waals surface area contributed by atoms with Crippen LogP contribution >= 0.6 is 0 Å². The molecule has 0 atom stereocenters. The van der Waals surface area contributed by atoms with Gasteiger partial charge in [0.25, 0.3) is 0 Å². The number of aryl methyl sites for hydroxylation is 1. The number of carbonyl (C=O) groups is 2. The second-order valence-electron chi connectivity index (χ2n) is 5.83. The molecule has 1 N–H and O–H groups in total. The van der Waals surface area contributed by atoms with Gasteiger partial charge in [-0.3, -0.25) is 9.78 Å². The van der Waals surface area contributed by atoms with Crippen LogP contribution in [0.25, 0.3) is 10.9 Å². The lowest BCUT2D eigenvalue weighted by atomic mass is 10.0. The molecule has 5 nitrogen and oxygen atoms in total. The first-order chi connectivity index (χ1) is 12.2. The van der Waals surface area contributed by atoms with Gasteiger partial charge in [0.1, 0.15) is 5.69 Å². The van der Waals surface area contributed by atoms with E-state index in [4.69, 9.17) is 0 Å². The van der Waals surface area contributed by atoms with Crippen LogP contribution in [0.2, 0.25) is 0 Å². The number of rotatable bonds is 4. The monoisotopic (exact) mass is 361 g/mol. The number of nitrogens with one attached hydrogen (secondary N) is 1. The number of fused-ring (bicyclic) bond motifs is 1. The van der Waals surface area contributed by atoms with E-state index >= 15 is 0 Å². The Morgan fingerprint density at radius 3 is 2.54 bits per heavy atom. The fourth-order valence-corrected chi connectivity index (χ4v) is 2.73. The summed E-state index contributed by atoms with van der Waals surface area (Å²) in [5.41, 5.74) is -0.0463. The van der Waals surface area contributed by atoms with Crippen LogP contribution in [0.5, 0.6) is 0 Å². The number of alkyl halides is 3. The van der Waals surface area contributed by atoms with Crippen molar-refractivity contribution >= 4 is 22.7 Å². The van der Waals surface area contributed by atoms with E-state index in [1.54, 1.807) is 13.0 Å². The molecule has 0 aliphatic carbocycles. The smallest absolute Gasteiger partial charge is 0.416 e. The normalized spacial score (nSPS) is 11.7. The Bertz CT molecular complexity index is 1020. The number of hydrogen-bond acceptors (Lipinski definition) is 4. The first kappa shape index (κ1) is 17.7. The maximum atomic E-state index is 13.0. The van der Waals surface area contributed by atoms with Crippen molar-refractivity contribution in [3.05, 3.63) is 64.6 Å². The van der Waals surface area contributed by atoms with Gasteiger partial charge in [-0.1, -0.05) is 0 Å². The molecule has 2 heterocycles. The number of benzene rings is 1. The Morgan fingerprint density at radius 1 is 1.19 bits per heavy atom. The van der Waals surface area contributed by atoms with Crippen LogP contribution in [0.4, 0.5) is 13.2 Å². The van der Waals surface area contributed by atoms with Gasteiger partial charge >= 0.3 is 6.18 Å². The van der Waals surface area contributed by atoms with Gasteiger partial charge in [-0.25, -0.2) is 0 Å². The molecule has 3 rings (SSSR count). The van der Waals surface area contributed by atoms with E-state index in [1.165, 1.54) is 12.3 Å². The number of pyridine rings is 1. The van der Waals surface area contributed by atoms with Crippen LogP contribution in [-0.4, -0.2) is 21.7 Å². The SMILES string of the molecule is Cc1ccnc(C(=O)c2[nH]c3ccc(C(F)(F)F)cc3c2CC(=O)[O-])c1. The molecule has 2 aromatic heterocycles. The van der Waals surface area contributed by atoms with E-state index in [-0.39, 0.29) is 27.9 Å². The largest absolute Gasteiger partial charge is 0.550 e. The summed E-state index contributed by atoms with van der Waals surface area (Å²) in [6, 6.07) is 6.04. The van der Waals surface area contributed by atoms with E-state index in [0.29, 0.717) is 0 Å². The Balaban J connectivity index is 2.21. The molecular weight excluding hydrogens is 349 g/mol. The number of ketones is 1. The van der Waals surface area contributed by atoms with Crippen LogP contribution in [0.1, 0.15) is 32.9 Å². The molecule has 0 aliphatic heterocycles. The first-order valence-electron chi connectivity index (χ1n) is 7.56. The maximum Gasteiger partial charge on any atom is 0.416 e. The molecule has 0 saturated heterocycles. The van der Waals surface area contributed by atoms with Crippen molar-refractivity contribution in [3.63, 3.8) is 0 Å². The molecule has 26 heavy (non-hydrogen) atoms. The van der Waals surface area contributed by atoms with Gasteiger partial charge in [0.15, 0.2) is 0 Å². The summed E-state index contributed by atoms with van der Waals surface area (Å²) in [6.07, 6.45) is -3.87. The molecule has 0 bridgehead atoms. The third-order valence-electron chi connectivity index (χ3n) is 3.93. The lowest BCUT2D eigenvalue weighted by Gasteiger charge is -2.08. The van der Waals surface area contributed by atoms with Crippen LogP contribution in [0.15, 0.2) is 36.5 Å². The van der Waals surface area contributed by atoms with Gasteiger partial charge in [0, 0.05) is 29.5 Å².